The normalized spacial score (nSPS) is 11.3. The summed E-state index contributed by atoms with van der Waals surface area (Å²) in [4.78, 5) is 2.32. The largest absolute Gasteiger partial charge is 0.383 e. The van der Waals surface area contributed by atoms with E-state index in [-0.39, 0.29) is 0 Å². The molecule has 21 heavy (non-hydrogen) atoms. The summed E-state index contributed by atoms with van der Waals surface area (Å²) in [7, 11) is 1.89. The number of nitrogen functional groups attached to an aromatic ring is 1. The van der Waals surface area contributed by atoms with Gasteiger partial charge >= 0.3 is 0 Å². The Morgan fingerprint density at radius 1 is 1.10 bits per heavy atom. The number of nitrogens with two attached hydrogens (primary N) is 1. The van der Waals surface area contributed by atoms with Crippen molar-refractivity contribution < 1.29 is 0 Å². The average molecular weight is 311 g/mol. The lowest BCUT2D eigenvalue weighted by atomic mass is 10.1. The number of hydrogen-bond donors (Lipinski definition) is 1. The number of nitrogens with zero attached hydrogens (tertiary/aromatic N) is 2. The smallest absolute Gasteiger partial charge is 0.130 e. The molecule has 5 heteroatoms. The van der Waals surface area contributed by atoms with Gasteiger partial charge in [0, 0.05) is 16.6 Å². The van der Waals surface area contributed by atoms with E-state index < -0.39 is 0 Å². The number of benzene rings is 1. The summed E-state index contributed by atoms with van der Waals surface area (Å²) in [5, 5.41) is 7.96. The van der Waals surface area contributed by atoms with Gasteiger partial charge in [-0.2, -0.15) is 5.10 Å². The average Bonchev–Trinajstić information content (AvgIpc) is 3.18. The van der Waals surface area contributed by atoms with Gasteiger partial charge in [-0.05, 0) is 29.0 Å². The maximum atomic E-state index is 6.24. The molecule has 0 radical (unpaired) electrons. The summed E-state index contributed by atoms with van der Waals surface area (Å²) in [6, 6.07) is 14.7. The predicted molar refractivity (Wildman–Crippen MR) is 91.8 cm³/mol. The van der Waals surface area contributed by atoms with Gasteiger partial charge in [-0.1, -0.05) is 24.3 Å². The lowest BCUT2D eigenvalue weighted by molar-refractivity contribution is 0.783. The molecule has 3 nitrogen and oxygen atoms in total. The lowest BCUT2D eigenvalue weighted by Crippen LogP contribution is -1.97. The Morgan fingerprint density at radius 3 is 2.71 bits per heavy atom. The number of fused-ring (bicyclic) bond motifs is 1. The van der Waals surface area contributed by atoms with Crippen molar-refractivity contribution in [2.75, 3.05) is 5.73 Å². The zero-order chi connectivity index (χ0) is 14.4. The fraction of sp³-hybridized carbons (Fsp3) is 0.0625. The van der Waals surface area contributed by atoms with Crippen LogP contribution in [0, 0.1) is 0 Å². The highest BCUT2D eigenvalue weighted by atomic mass is 32.1. The molecule has 0 aliphatic rings. The summed E-state index contributed by atoms with van der Waals surface area (Å²) in [6.45, 7) is 0. The van der Waals surface area contributed by atoms with E-state index in [2.05, 4.69) is 46.9 Å². The molecule has 0 aliphatic carbocycles. The molecular formula is C16H13N3S2. The number of aromatic nitrogens is 2. The van der Waals surface area contributed by atoms with Crippen molar-refractivity contribution in [3.05, 3.63) is 47.8 Å². The molecule has 0 atom stereocenters. The number of rotatable bonds is 2. The SMILES string of the molecule is Cn1nc(-c2cc3ccccc3s2)c(-c2cccs2)c1N. The van der Waals surface area contributed by atoms with E-state index in [0.717, 1.165) is 21.0 Å². The Balaban J connectivity index is 1.98. The number of aryl methyl sites for hydroxylation is 1. The van der Waals surface area contributed by atoms with Gasteiger partial charge in [-0.15, -0.1) is 22.7 Å². The topological polar surface area (TPSA) is 43.8 Å². The van der Waals surface area contributed by atoms with Crippen molar-refractivity contribution in [3.8, 4) is 21.0 Å². The van der Waals surface area contributed by atoms with E-state index in [9.17, 15) is 0 Å². The summed E-state index contributed by atoms with van der Waals surface area (Å²) in [6.07, 6.45) is 0. The van der Waals surface area contributed by atoms with E-state index in [1.165, 1.54) is 10.1 Å². The predicted octanol–water partition coefficient (Wildman–Crippen LogP) is 4.61. The molecular weight excluding hydrogens is 298 g/mol. The van der Waals surface area contributed by atoms with Gasteiger partial charge in [0.1, 0.15) is 11.5 Å². The molecule has 0 saturated heterocycles. The van der Waals surface area contributed by atoms with Crippen LogP contribution in [0.3, 0.4) is 0 Å². The highest BCUT2D eigenvalue weighted by Crippen LogP contribution is 2.42. The van der Waals surface area contributed by atoms with E-state index in [0.29, 0.717) is 5.82 Å². The first kappa shape index (κ1) is 12.6. The summed E-state index contributed by atoms with van der Waals surface area (Å²) < 4.78 is 3.03. The molecule has 0 spiro atoms. The first-order valence-corrected chi connectivity index (χ1v) is 8.29. The van der Waals surface area contributed by atoms with Crippen LogP contribution in [0.15, 0.2) is 47.8 Å². The highest BCUT2D eigenvalue weighted by Gasteiger charge is 2.19. The van der Waals surface area contributed by atoms with Gasteiger partial charge in [0.2, 0.25) is 0 Å². The zero-order valence-electron chi connectivity index (χ0n) is 11.4. The maximum absolute atomic E-state index is 6.24. The van der Waals surface area contributed by atoms with Gasteiger partial charge < -0.3 is 5.73 Å². The molecule has 0 saturated carbocycles. The van der Waals surface area contributed by atoms with E-state index in [1.807, 2.05) is 13.1 Å². The molecule has 0 unspecified atom stereocenters. The van der Waals surface area contributed by atoms with Gasteiger partial charge in [-0.25, -0.2) is 0 Å². The van der Waals surface area contributed by atoms with Crippen molar-refractivity contribution >= 4 is 38.6 Å². The van der Waals surface area contributed by atoms with Crippen molar-refractivity contribution in [3.63, 3.8) is 0 Å². The number of thiophene rings is 2. The van der Waals surface area contributed by atoms with Crippen LogP contribution in [-0.4, -0.2) is 9.78 Å². The summed E-state index contributed by atoms with van der Waals surface area (Å²) in [5.41, 5.74) is 8.25. The first-order chi connectivity index (χ1) is 10.2. The van der Waals surface area contributed by atoms with Gasteiger partial charge in [-0.3, -0.25) is 4.68 Å². The number of anilines is 1. The van der Waals surface area contributed by atoms with Crippen LogP contribution in [-0.2, 0) is 7.05 Å². The second kappa shape index (κ2) is 4.72. The van der Waals surface area contributed by atoms with Crippen LogP contribution >= 0.6 is 22.7 Å². The van der Waals surface area contributed by atoms with Crippen molar-refractivity contribution in [2.24, 2.45) is 7.05 Å². The molecule has 0 bridgehead atoms. The molecule has 104 valence electrons. The van der Waals surface area contributed by atoms with Crippen molar-refractivity contribution in [2.45, 2.75) is 0 Å². The quantitative estimate of drug-likeness (QED) is 0.587. The number of hydrogen-bond acceptors (Lipinski definition) is 4. The Bertz CT molecular complexity index is 883. The van der Waals surface area contributed by atoms with Gasteiger partial charge in [0.05, 0.1) is 10.4 Å². The fourth-order valence-corrected chi connectivity index (χ4v) is 4.31. The molecule has 0 aliphatic heterocycles. The highest BCUT2D eigenvalue weighted by molar-refractivity contribution is 7.22. The Kier molecular flexibility index (Phi) is 2.83. The van der Waals surface area contributed by atoms with Crippen LogP contribution in [0.25, 0.3) is 31.1 Å². The first-order valence-electron chi connectivity index (χ1n) is 6.59. The second-order valence-corrected chi connectivity index (χ2v) is 6.89. The van der Waals surface area contributed by atoms with Gasteiger partial charge in [0.25, 0.3) is 0 Å². The van der Waals surface area contributed by atoms with Gasteiger partial charge in [0.15, 0.2) is 0 Å². The minimum absolute atomic E-state index is 0.713. The van der Waals surface area contributed by atoms with E-state index in [4.69, 9.17) is 5.73 Å². The molecule has 4 aromatic rings. The second-order valence-electron chi connectivity index (χ2n) is 4.86. The Hall–Kier alpha value is -2.11. The molecule has 3 aromatic heterocycles. The summed E-state index contributed by atoms with van der Waals surface area (Å²) in [5.74, 6) is 0.713. The third kappa shape index (κ3) is 1.97. The Morgan fingerprint density at radius 2 is 1.95 bits per heavy atom. The fourth-order valence-electron chi connectivity index (χ4n) is 2.47. The van der Waals surface area contributed by atoms with Crippen LogP contribution in [0.5, 0.6) is 0 Å². The van der Waals surface area contributed by atoms with E-state index >= 15 is 0 Å². The standard InChI is InChI=1S/C16H13N3S2/c1-19-16(17)14(12-7-4-8-20-12)15(18-19)13-9-10-5-2-3-6-11(10)21-13/h2-9H,17H2,1H3. The summed E-state index contributed by atoms with van der Waals surface area (Å²) >= 11 is 3.45. The Labute approximate surface area is 130 Å². The monoisotopic (exact) mass is 311 g/mol. The molecule has 0 amide bonds. The third-order valence-electron chi connectivity index (χ3n) is 3.52. The zero-order valence-corrected chi connectivity index (χ0v) is 13.0. The molecule has 3 heterocycles. The van der Waals surface area contributed by atoms with Crippen molar-refractivity contribution in [1.82, 2.24) is 9.78 Å². The molecule has 2 N–H and O–H groups in total. The van der Waals surface area contributed by atoms with Crippen LogP contribution < -0.4 is 5.73 Å². The molecule has 1 aromatic carbocycles. The lowest BCUT2D eigenvalue weighted by Gasteiger charge is -1.98. The van der Waals surface area contributed by atoms with Crippen molar-refractivity contribution in [1.29, 1.82) is 0 Å². The molecule has 0 fully saturated rings. The van der Waals surface area contributed by atoms with E-state index in [1.54, 1.807) is 27.4 Å². The maximum Gasteiger partial charge on any atom is 0.130 e. The molecule has 4 rings (SSSR count). The van der Waals surface area contributed by atoms with Crippen LogP contribution in [0.2, 0.25) is 0 Å². The van der Waals surface area contributed by atoms with Crippen LogP contribution in [0.1, 0.15) is 0 Å². The van der Waals surface area contributed by atoms with Crippen LogP contribution in [0.4, 0.5) is 5.82 Å². The third-order valence-corrected chi connectivity index (χ3v) is 5.53. The minimum Gasteiger partial charge on any atom is -0.383 e. The minimum atomic E-state index is 0.713.